The van der Waals surface area contributed by atoms with Crippen molar-refractivity contribution in [2.45, 2.75) is 11.3 Å². The average Bonchev–Trinajstić information content (AvgIpc) is 2.48. The minimum absolute atomic E-state index is 0.0388. The highest BCUT2D eigenvalue weighted by Crippen LogP contribution is 2.15. The first kappa shape index (κ1) is 16.7. The Labute approximate surface area is 137 Å². The van der Waals surface area contributed by atoms with Crippen LogP contribution < -0.4 is 10.0 Å². The number of halogens is 1. The smallest absolute Gasteiger partial charge is 0.240 e. The molecule has 0 bridgehead atoms. The van der Waals surface area contributed by atoms with Crippen LogP contribution in [-0.4, -0.2) is 20.9 Å². The minimum atomic E-state index is -3.57. The zero-order valence-corrected chi connectivity index (χ0v) is 14.0. The lowest BCUT2D eigenvalue weighted by Crippen LogP contribution is -2.27. The van der Waals surface area contributed by atoms with Gasteiger partial charge in [-0.3, -0.25) is 4.79 Å². The fourth-order valence-corrected chi connectivity index (χ4v) is 3.22. The Balaban J connectivity index is 1.85. The summed E-state index contributed by atoms with van der Waals surface area (Å²) in [5.74, 6) is -0.256. The van der Waals surface area contributed by atoms with Crippen LogP contribution in [0.25, 0.3) is 0 Å². The van der Waals surface area contributed by atoms with E-state index in [2.05, 4.69) is 26.0 Å². The van der Waals surface area contributed by atoms with Gasteiger partial charge in [0.2, 0.25) is 15.9 Å². The first-order chi connectivity index (χ1) is 10.5. The van der Waals surface area contributed by atoms with Gasteiger partial charge in [-0.2, -0.15) is 0 Å². The molecule has 2 aromatic rings. The molecule has 0 radical (unpaired) electrons. The lowest BCUT2D eigenvalue weighted by atomic mass is 10.3. The summed E-state index contributed by atoms with van der Waals surface area (Å²) in [6, 6.07) is 15.2. The summed E-state index contributed by atoms with van der Waals surface area (Å²) in [5, 5.41) is 2.71. The molecule has 2 aromatic carbocycles. The van der Waals surface area contributed by atoms with Crippen LogP contribution in [0, 0.1) is 0 Å². The van der Waals surface area contributed by atoms with Crippen LogP contribution in [0.3, 0.4) is 0 Å². The van der Waals surface area contributed by atoms with E-state index in [9.17, 15) is 13.2 Å². The van der Waals surface area contributed by atoms with Crippen molar-refractivity contribution in [3.63, 3.8) is 0 Å². The fraction of sp³-hybridized carbons (Fsp3) is 0.133. The molecule has 0 atom stereocenters. The maximum atomic E-state index is 12.0. The summed E-state index contributed by atoms with van der Waals surface area (Å²) in [6.45, 7) is 0.0388. The molecule has 0 heterocycles. The van der Waals surface area contributed by atoms with Gasteiger partial charge in [-0.25, -0.2) is 13.1 Å². The van der Waals surface area contributed by atoms with Gasteiger partial charge in [0.25, 0.3) is 0 Å². The largest absolute Gasteiger partial charge is 0.326 e. The normalized spacial score (nSPS) is 11.1. The molecule has 2 rings (SSSR count). The highest BCUT2D eigenvalue weighted by molar-refractivity contribution is 9.10. The quantitative estimate of drug-likeness (QED) is 0.806. The Morgan fingerprint density at radius 1 is 1.05 bits per heavy atom. The zero-order valence-electron chi connectivity index (χ0n) is 11.6. The van der Waals surface area contributed by atoms with Gasteiger partial charge in [0.15, 0.2) is 0 Å². The first-order valence-electron chi connectivity index (χ1n) is 6.57. The van der Waals surface area contributed by atoms with Crippen molar-refractivity contribution < 1.29 is 13.2 Å². The van der Waals surface area contributed by atoms with Gasteiger partial charge in [-0.1, -0.05) is 40.2 Å². The van der Waals surface area contributed by atoms with Crippen molar-refractivity contribution in [3.05, 3.63) is 59.1 Å². The number of hydrogen-bond acceptors (Lipinski definition) is 3. The number of amides is 1. The first-order valence-corrected chi connectivity index (χ1v) is 8.85. The summed E-state index contributed by atoms with van der Waals surface area (Å²) in [7, 11) is -3.57. The molecule has 116 valence electrons. The molecule has 0 aromatic heterocycles. The van der Waals surface area contributed by atoms with E-state index < -0.39 is 10.0 Å². The Bertz CT molecular complexity index is 748. The van der Waals surface area contributed by atoms with Crippen LogP contribution >= 0.6 is 15.9 Å². The van der Waals surface area contributed by atoms with Gasteiger partial charge >= 0.3 is 0 Å². The average molecular weight is 383 g/mol. The number of sulfonamides is 1. The van der Waals surface area contributed by atoms with E-state index >= 15 is 0 Å². The molecular weight excluding hydrogens is 368 g/mol. The van der Waals surface area contributed by atoms with Crippen molar-refractivity contribution in [1.29, 1.82) is 0 Å². The van der Waals surface area contributed by atoms with E-state index in [1.165, 1.54) is 12.1 Å². The second kappa shape index (κ2) is 7.53. The number of rotatable bonds is 6. The number of carbonyl (C=O) groups excluding carboxylic acids is 1. The summed E-state index contributed by atoms with van der Waals surface area (Å²) in [4.78, 5) is 12.0. The zero-order chi connectivity index (χ0) is 16.0. The molecule has 2 N–H and O–H groups in total. The van der Waals surface area contributed by atoms with Gasteiger partial charge < -0.3 is 5.32 Å². The van der Waals surface area contributed by atoms with Crippen molar-refractivity contribution >= 4 is 37.5 Å². The summed E-state index contributed by atoms with van der Waals surface area (Å²) in [5.41, 5.74) is 0.658. The minimum Gasteiger partial charge on any atom is -0.326 e. The predicted molar refractivity (Wildman–Crippen MR) is 89.0 cm³/mol. The highest BCUT2D eigenvalue weighted by atomic mass is 79.9. The van der Waals surface area contributed by atoms with E-state index in [0.29, 0.717) is 5.69 Å². The Morgan fingerprint density at radius 3 is 2.45 bits per heavy atom. The number of carbonyl (C=O) groups is 1. The molecule has 0 unspecified atom stereocenters. The van der Waals surface area contributed by atoms with Crippen LogP contribution in [-0.2, 0) is 14.8 Å². The molecule has 0 saturated heterocycles. The SMILES string of the molecule is O=C(CCNS(=O)(=O)c1ccccc1)Nc1cccc(Br)c1. The van der Waals surface area contributed by atoms with Crippen molar-refractivity contribution in [1.82, 2.24) is 4.72 Å². The molecule has 0 aliphatic carbocycles. The molecule has 1 amide bonds. The standard InChI is InChI=1S/C15H15BrN2O3S/c16-12-5-4-6-13(11-12)18-15(19)9-10-17-22(20,21)14-7-2-1-3-8-14/h1-8,11,17H,9-10H2,(H,18,19). The van der Waals surface area contributed by atoms with Crippen LogP contribution in [0.5, 0.6) is 0 Å². The van der Waals surface area contributed by atoms with Crippen molar-refractivity contribution in [2.75, 3.05) is 11.9 Å². The predicted octanol–water partition coefficient (Wildman–Crippen LogP) is 2.76. The Morgan fingerprint density at radius 2 is 1.77 bits per heavy atom. The second-order valence-electron chi connectivity index (χ2n) is 4.52. The van der Waals surface area contributed by atoms with Gasteiger partial charge in [0.1, 0.15) is 0 Å². The van der Waals surface area contributed by atoms with Crippen LogP contribution in [0.15, 0.2) is 64.0 Å². The number of hydrogen-bond donors (Lipinski definition) is 2. The topological polar surface area (TPSA) is 75.3 Å². The summed E-state index contributed by atoms with van der Waals surface area (Å²) in [6.07, 6.45) is 0.0541. The molecule has 5 nitrogen and oxygen atoms in total. The third-order valence-electron chi connectivity index (χ3n) is 2.81. The molecule has 22 heavy (non-hydrogen) atoms. The third-order valence-corrected chi connectivity index (χ3v) is 4.78. The second-order valence-corrected chi connectivity index (χ2v) is 7.20. The summed E-state index contributed by atoms with van der Waals surface area (Å²) >= 11 is 3.31. The maximum Gasteiger partial charge on any atom is 0.240 e. The van der Waals surface area contributed by atoms with Crippen molar-refractivity contribution in [2.24, 2.45) is 0 Å². The Hall–Kier alpha value is -1.70. The number of benzene rings is 2. The molecule has 0 aliphatic heterocycles. The van der Waals surface area contributed by atoms with E-state index in [-0.39, 0.29) is 23.8 Å². The number of anilines is 1. The van der Waals surface area contributed by atoms with Crippen LogP contribution in [0.4, 0.5) is 5.69 Å². The van der Waals surface area contributed by atoms with Gasteiger partial charge in [0.05, 0.1) is 4.90 Å². The lowest BCUT2D eigenvalue weighted by Gasteiger charge is -2.08. The molecule has 0 fully saturated rings. The van der Waals surface area contributed by atoms with E-state index in [1.54, 1.807) is 36.4 Å². The summed E-state index contributed by atoms with van der Waals surface area (Å²) < 4.78 is 27.2. The van der Waals surface area contributed by atoms with Gasteiger partial charge in [-0.05, 0) is 30.3 Å². The number of nitrogens with one attached hydrogen (secondary N) is 2. The Kier molecular flexibility index (Phi) is 5.70. The third kappa shape index (κ3) is 4.94. The molecule has 0 aliphatic rings. The molecule has 7 heteroatoms. The van der Waals surface area contributed by atoms with E-state index in [0.717, 1.165) is 4.47 Å². The molecular formula is C15H15BrN2O3S. The molecule has 0 saturated carbocycles. The highest BCUT2D eigenvalue weighted by Gasteiger charge is 2.13. The monoisotopic (exact) mass is 382 g/mol. The lowest BCUT2D eigenvalue weighted by molar-refractivity contribution is -0.116. The van der Waals surface area contributed by atoms with Crippen LogP contribution in [0.2, 0.25) is 0 Å². The van der Waals surface area contributed by atoms with E-state index in [4.69, 9.17) is 0 Å². The van der Waals surface area contributed by atoms with Crippen LogP contribution in [0.1, 0.15) is 6.42 Å². The fourth-order valence-electron chi connectivity index (χ4n) is 1.77. The maximum absolute atomic E-state index is 12.0. The van der Waals surface area contributed by atoms with Gasteiger partial charge in [-0.15, -0.1) is 0 Å². The molecule has 0 spiro atoms. The van der Waals surface area contributed by atoms with E-state index in [1.807, 2.05) is 6.07 Å². The van der Waals surface area contributed by atoms with Gasteiger partial charge in [0, 0.05) is 23.1 Å². The van der Waals surface area contributed by atoms with Crippen molar-refractivity contribution in [3.8, 4) is 0 Å².